The highest BCUT2D eigenvalue weighted by atomic mass is 32.2. The summed E-state index contributed by atoms with van der Waals surface area (Å²) in [6.07, 6.45) is -0.0901. The van der Waals surface area contributed by atoms with E-state index in [-0.39, 0.29) is 24.8 Å². The molecular weight excluding hydrogens is 352 g/mol. The smallest absolute Gasteiger partial charge is 0.307 e. The van der Waals surface area contributed by atoms with E-state index in [0.717, 1.165) is 10.6 Å². The van der Waals surface area contributed by atoms with Crippen LogP contribution in [0, 0.1) is 0 Å². The van der Waals surface area contributed by atoms with Crippen LogP contribution in [0.2, 0.25) is 0 Å². The average Bonchev–Trinajstić information content (AvgIpc) is 2.66. The Labute approximate surface area is 155 Å². The standard InChI is InChI=1S/C19H18N2O4S/c1-21(13-7-3-2-4-8-13)17(22)12-25-18(23)11-16-19(24)20-14-9-5-6-10-15(14)26-16/h2-10,16H,11-12H2,1H3,(H,20,24)/t16-/m0/s1. The van der Waals surface area contributed by atoms with Crippen molar-refractivity contribution in [2.24, 2.45) is 0 Å². The quantitative estimate of drug-likeness (QED) is 0.819. The molecule has 1 heterocycles. The summed E-state index contributed by atoms with van der Waals surface area (Å²) in [4.78, 5) is 38.6. The zero-order valence-corrected chi connectivity index (χ0v) is 15.0. The van der Waals surface area contributed by atoms with Crippen molar-refractivity contribution in [3.8, 4) is 0 Å². The first kappa shape index (κ1) is 18.0. The molecule has 2 aromatic rings. The van der Waals surface area contributed by atoms with Crippen molar-refractivity contribution >= 4 is 40.9 Å². The molecule has 0 saturated carbocycles. The number of amides is 2. The van der Waals surface area contributed by atoms with Crippen LogP contribution in [-0.4, -0.2) is 36.7 Å². The first-order chi connectivity index (χ1) is 12.5. The molecule has 6 nitrogen and oxygen atoms in total. The van der Waals surface area contributed by atoms with E-state index in [0.29, 0.717) is 5.69 Å². The molecule has 0 bridgehead atoms. The van der Waals surface area contributed by atoms with E-state index in [1.807, 2.05) is 42.5 Å². The lowest BCUT2D eigenvalue weighted by molar-refractivity contribution is -0.148. The molecule has 0 radical (unpaired) electrons. The van der Waals surface area contributed by atoms with Crippen molar-refractivity contribution in [3.63, 3.8) is 0 Å². The van der Waals surface area contributed by atoms with E-state index in [4.69, 9.17) is 4.74 Å². The van der Waals surface area contributed by atoms with Crippen molar-refractivity contribution in [2.45, 2.75) is 16.6 Å². The number of esters is 1. The minimum absolute atomic E-state index is 0.0901. The van der Waals surface area contributed by atoms with Crippen LogP contribution in [0.4, 0.5) is 11.4 Å². The van der Waals surface area contributed by atoms with Crippen LogP contribution in [0.25, 0.3) is 0 Å². The van der Waals surface area contributed by atoms with Gasteiger partial charge in [-0.3, -0.25) is 14.4 Å². The van der Waals surface area contributed by atoms with Crippen LogP contribution in [-0.2, 0) is 19.1 Å². The van der Waals surface area contributed by atoms with Gasteiger partial charge < -0.3 is 15.0 Å². The van der Waals surface area contributed by atoms with Gasteiger partial charge in [0.15, 0.2) is 6.61 Å². The molecular formula is C19H18N2O4S. The number of nitrogens with zero attached hydrogens (tertiary/aromatic N) is 1. The van der Waals surface area contributed by atoms with Crippen LogP contribution >= 0.6 is 11.8 Å². The summed E-state index contributed by atoms with van der Waals surface area (Å²) in [6.45, 7) is -0.361. The molecule has 1 atom stereocenters. The highest BCUT2D eigenvalue weighted by molar-refractivity contribution is 8.01. The number of hydrogen-bond donors (Lipinski definition) is 1. The van der Waals surface area contributed by atoms with E-state index in [1.54, 1.807) is 19.2 Å². The summed E-state index contributed by atoms with van der Waals surface area (Å²) < 4.78 is 5.06. The molecule has 0 spiro atoms. The minimum atomic E-state index is -0.577. The summed E-state index contributed by atoms with van der Waals surface area (Å²) in [5.74, 6) is -1.15. The molecule has 2 aromatic carbocycles. The first-order valence-electron chi connectivity index (χ1n) is 8.08. The highest BCUT2D eigenvalue weighted by Gasteiger charge is 2.29. The third-order valence-corrected chi connectivity index (χ3v) is 5.21. The number of ether oxygens (including phenoxy) is 1. The van der Waals surface area contributed by atoms with Gasteiger partial charge in [-0.1, -0.05) is 30.3 Å². The number of benzene rings is 2. The molecule has 26 heavy (non-hydrogen) atoms. The van der Waals surface area contributed by atoms with Gasteiger partial charge in [0.05, 0.1) is 17.4 Å². The molecule has 0 aliphatic carbocycles. The number of likely N-dealkylation sites (N-methyl/N-ethyl adjacent to an activating group) is 1. The van der Waals surface area contributed by atoms with E-state index in [2.05, 4.69) is 5.32 Å². The largest absolute Gasteiger partial charge is 0.456 e. The van der Waals surface area contributed by atoms with Gasteiger partial charge in [0.2, 0.25) is 5.91 Å². The zero-order valence-electron chi connectivity index (χ0n) is 14.2. The highest BCUT2D eigenvalue weighted by Crippen LogP contribution is 2.36. The van der Waals surface area contributed by atoms with Crippen molar-refractivity contribution in [1.82, 2.24) is 0 Å². The van der Waals surface area contributed by atoms with Crippen LogP contribution in [0.3, 0.4) is 0 Å². The fraction of sp³-hybridized carbons (Fsp3) is 0.211. The second-order valence-corrected chi connectivity index (χ2v) is 6.99. The molecule has 3 rings (SSSR count). The zero-order chi connectivity index (χ0) is 18.5. The second kappa shape index (κ2) is 8.05. The lowest BCUT2D eigenvalue weighted by Gasteiger charge is -2.23. The van der Waals surface area contributed by atoms with Crippen molar-refractivity contribution in [1.29, 1.82) is 0 Å². The first-order valence-corrected chi connectivity index (χ1v) is 8.96. The topological polar surface area (TPSA) is 75.7 Å². The Bertz CT molecular complexity index is 825. The Morgan fingerprint density at radius 2 is 1.81 bits per heavy atom. The van der Waals surface area contributed by atoms with Gasteiger partial charge in [-0.15, -0.1) is 11.8 Å². The lowest BCUT2D eigenvalue weighted by atomic mass is 10.2. The Morgan fingerprint density at radius 3 is 2.58 bits per heavy atom. The van der Waals surface area contributed by atoms with Gasteiger partial charge in [-0.25, -0.2) is 0 Å². The Kier molecular flexibility index (Phi) is 5.58. The summed E-state index contributed by atoms with van der Waals surface area (Å²) in [5, 5.41) is 2.21. The van der Waals surface area contributed by atoms with Crippen molar-refractivity contribution < 1.29 is 19.1 Å². The Hall–Kier alpha value is -2.80. The van der Waals surface area contributed by atoms with Gasteiger partial charge in [0, 0.05) is 17.6 Å². The number of fused-ring (bicyclic) bond motifs is 1. The number of rotatable bonds is 5. The molecule has 7 heteroatoms. The molecule has 1 aliphatic heterocycles. The van der Waals surface area contributed by atoms with E-state index >= 15 is 0 Å². The Balaban J connectivity index is 1.51. The third kappa shape index (κ3) is 4.23. The molecule has 1 aliphatic rings. The van der Waals surface area contributed by atoms with Crippen LogP contribution in [0.15, 0.2) is 59.5 Å². The Morgan fingerprint density at radius 1 is 1.12 bits per heavy atom. The number of hydrogen-bond acceptors (Lipinski definition) is 5. The molecule has 0 saturated heterocycles. The molecule has 2 amide bonds. The molecule has 0 unspecified atom stereocenters. The van der Waals surface area contributed by atoms with Gasteiger partial charge in [0.25, 0.3) is 5.91 Å². The number of anilines is 2. The maximum atomic E-state index is 12.1. The normalized spacial score (nSPS) is 15.6. The molecule has 0 aromatic heterocycles. The van der Waals surface area contributed by atoms with Crippen LogP contribution < -0.4 is 10.2 Å². The monoisotopic (exact) mass is 370 g/mol. The second-order valence-electron chi connectivity index (χ2n) is 5.75. The van der Waals surface area contributed by atoms with E-state index < -0.39 is 11.2 Å². The summed E-state index contributed by atoms with van der Waals surface area (Å²) in [7, 11) is 1.62. The number of para-hydroxylation sites is 2. The number of thioether (sulfide) groups is 1. The third-order valence-electron chi connectivity index (χ3n) is 3.93. The van der Waals surface area contributed by atoms with Gasteiger partial charge in [-0.2, -0.15) is 0 Å². The summed E-state index contributed by atoms with van der Waals surface area (Å²) in [5.41, 5.74) is 1.46. The molecule has 0 fully saturated rings. The molecule has 1 N–H and O–H groups in total. The lowest BCUT2D eigenvalue weighted by Crippen LogP contribution is -2.34. The van der Waals surface area contributed by atoms with Crippen molar-refractivity contribution in [2.75, 3.05) is 23.9 Å². The maximum Gasteiger partial charge on any atom is 0.307 e. The predicted octanol–water partition coefficient (Wildman–Crippen LogP) is 2.70. The average molecular weight is 370 g/mol. The number of nitrogens with one attached hydrogen (secondary N) is 1. The van der Waals surface area contributed by atoms with E-state index in [1.165, 1.54) is 16.7 Å². The summed E-state index contributed by atoms with van der Waals surface area (Å²) in [6, 6.07) is 16.5. The molecule has 134 valence electrons. The number of carbonyl (C=O) groups is 3. The maximum absolute atomic E-state index is 12.1. The number of carbonyl (C=O) groups excluding carboxylic acids is 3. The SMILES string of the molecule is CN(C(=O)COC(=O)C[C@@H]1Sc2ccccc2NC1=O)c1ccccc1. The van der Waals surface area contributed by atoms with Gasteiger partial charge in [0.1, 0.15) is 0 Å². The predicted molar refractivity (Wildman–Crippen MR) is 100 cm³/mol. The van der Waals surface area contributed by atoms with Crippen LogP contribution in [0.5, 0.6) is 0 Å². The van der Waals surface area contributed by atoms with E-state index in [9.17, 15) is 14.4 Å². The minimum Gasteiger partial charge on any atom is -0.456 e. The van der Waals surface area contributed by atoms with Crippen molar-refractivity contribution in [3.05, 3.63) is 54.6 Å². The van der Waals surface area contributed by atoms with Crippen LogP contribution in [0.1, 0.15) is 6.42 Å². The van der Waals surface area contributed by atoms with Gasteiger partial charge >= 0.3 is 5.97 Å². The fourth-order valence-electron chi connectivity index (χ4n) is 2.47. The fourth-order valence-corrected chi connectivity index (χ4v) is 3.57. The summed E-state index contributed by atoms with van der Waals surface area (Å²) >= 11 is 1.32. The van der Waals surface area contributed by atoms with Gasteiger partial charge in [-0.05, 0) is 24.3 Å².